The summed E-state index contributed by atoms with van der Waals surface area (Å²) in [5, 5.41) is 65.7. The lowest BCUT2D eigenvalue weighted by Crippen LogP contribution is -2.56. The number of rotatable bonds is 18. The first-order valence-corrected chi connectivity index (χ1v) is 23.8. The van der Waals surface area contributed by atoms with Crippen LogP contribution in [0.5, 0.6) is 28.7 Å². The highest BCUT2D eigenvalue weighted by atomic mass is 16.6. The van der Waals surface area contributed by atoms with Crippen LogP contribution in [0.1, 0.15) is 103 Å². The van der Waals surface area contributed by atoms with Crippen molar-refractivity contribution in [2.24, 2.45) is 4.99 Å². The van der Waals surface area contributed by atoms with E-state index in [1.54, 1.807) is 20.1 Å². The van der Waals surface area contributed by atoms with Gasteiger partial charge < -0.3 is 55.1 Å². The third kappa shape index (κ3) is 9.47. The number of hydrogen-bond donors (Lipinski definition) is 8. The lowest BCUT2D eigenvalue weighted by atomic mass is 9.70. The number of methoxy groups -OCH3 is 1. The molecule has 1 fully saturated rings. The van der Waals surface area contributed by atoms with Crippen LogP contribution in [0.4, 0.5) is 0 Å². The fourth-order valence-electron chi connectivity index (χ4n) is 11.0. The molecule has 5 unspecified atom stereocenters. The average molecular weight is 891 g/mol. The van der Waals surface area contributed by atoms with Crippen molar-refractivity contribution in [1.82, 2.24) is 16.0 Å². The maximum Gasteiger partial charge on any atom is 0.161 e. The second-order valence-corrected chi connectivity index (χ2v) is 18.8. The molecule has 348 valence electrons. The maximum atomic E-state index is 11.4. The summed E-state index contributed by atoms with van der Waals surface area (Å²) in [6.07, 6.45) is 10.3. The second-order valence-electron chi connectivity index (χ2n) is 18.8. The molecule has 4 aromatic rings. The van der Waals surface area contributed by atoms with Gasteiger partial charge in [0.25, 0.3) is 0 Å². The Morgan fingerprint density at radius 2 is 1.80 bits per heavy atom. The van der Waals surface area contributed by atoms with Crippen molar-refractivity contribution in [2.45, 2.75) is 120 Å². The average Bonchev–Trinajstić information content (AvgIpc) is 3.79. The minimum absolute atomic E-state index is 0.000352. The summed E-state index contributed by atoms with van der Waals surface area (Å²) >= 11 is 0. The van der Waals surface area contributed by atoms with Gasteiger partial charge >= 0.3 is 0 Å². The molecule has 9 rings (SSSR count). The first-order valence-electron chi connectivity index (χ1n) is 23.8. The SMILES string of the molecule is COc1cc(C2Oc3c(c4c(c5c3CCC(CO)O5)-c3ccc(O)cc3C(Cc3ccc5c(c3)=CCN=5)C4)CC2(CNCNCC(C)O)OCNC2CCCCC2)cc(CCCO)c1O. The van der Waals surface area contributed by atoms with Crippen molar-refractivity contribution in [3.05, 3.63) is 98.1 Å². The van der Waals surface area contributed by atoms with Gasteiger partial charge in [-0.15, -0.1) is 0 Å². The topological polar surface area (TPSA) is 187 Å². The van der Waals surface area contributed by atoms with Crippen LogP contribution in [0.25, 0.3) is 17.2 Å². The molecule has 65 heavy (non-hydrogen) atoms. The van der Waals surface area contributed by atoms with Crippen molar-refractivity contribution < 1.29 is 44.5 Å². The van der Waals surface area contributed by atoms with E-state index < -0.39 is 23.9 Å². The van der Waals surface area contributed by atoms with Crippen LogP contribution in [-0.4, -0.2) is 103 Å². The van der Waals surface area contributed by atoms with Gasteiger partial charge in [-0.05, 0) is 139 Å². The summed E-state index contributed by atoms with van der Waals surface area (Å²) in [5.74, 6) is 2.02. The molecular formula is C52H66N4O9. The first kappa shape index (κ1) is 45.4. The van der Waals surface area contributed by atoms with E-state index in [1.807, 2.05) is 24.3 Å². The maximum absolute atomic E-state index is 11.4. The molecule has 2 aliphatic carbocycles. The summed E-state index contributed by atoms with van der Waals surface area (Å²) in [7, 11) is 1.54. The van der Waals surface area contributed by atoms with Crippen molar-refractivity contribution >= 4 is 6.08 Å². The van der Waals surface area contributed by atoms with Crippen LogP contribution in [0, 0.1) is 0 Å². The van der Waals surface area contributed by atoms with E-state index in [4.69, 9.17) is 18.9 Å². The number of benzene rings is 4. The quantitative estimate of drug-likeness (QED) is 0.0518. The van der Waals surface area contributed by atoms with Gasteiger partial charge in [-0.25, -0.2) is 0 Å². The molecule has 0 bridgehead atoms. The molecule has 0 saturated heterocycles. The Bertz CT molecular complexity index is 2470. The predicted molar refractivity (Wildman–Crippen MR) is 248 cm³/mol. The van der Waals surface area contributed by atoms with E-state index in [-0.39, 0.29) is 37.4 Å². The molecule has 5 aliphatic rings. The van der Waals surface area contributed by atoms with Gasteiger partial charge in [0.1, 0.15) is 29.0 Å². The van der Waals surface area contributed by atoms with Gasteiger partial charge in [0.15, 0.2) is 17.6 Å². The lowest BCUT2D eigenvalue weighted by Gasteiger charge is -2.48. The number of aryl methyl sites for hydroxylation is 1. The molecule has 8 N–H and O–H groups in total. The van der Waals surface area contributed by atoms with Crippen molar-refractivity contribution in [1.29, 1.82) is 0 Å². The Balaban J connectivity index is 1.22. The number of fused-ring (bicyclic) bond motifs is 9. The first-order chi connectivity index (χ1) is 31.7. The zero-order chi connectivity index (χ0) is 45.1. The molecule has 0 amide bonds. The van der Waals surface area contributed by atoms with E-state index in [0.717, 1.165) is 74.5 Å². The Labute approximate surface area is 381 Å². The second kappa shape index (κ2) is 20.0. The molecule has 13 heteroatoms. The van der Waals surface area contributed by atoms with E-state index in [9.17, 15) is 25.5 Å². The third-order valence-electron chi connectivity index (χ3n) is 14.2. The van der Waals surface area contributed by atoms with Gasteiger partial charge in [0, 0.05) is 55.5 Å². The van der Waals surface area contributed by atoms with Crippen molar-refractivity contribution in [3.63, 3.8) is 0 Å². The van der Waals surface area contributed by atoms with Gasteiger partial charge in [-0.1, -0.05) is 37.5 Å². The smallest absolute Gasteiger partial charge is 0.161 e. The molecule has 3 aliphatic heterocycles. The van der Waals surface area contributed by atoms with Crippen LogP contribution in [0.2, 0.25) is 0 Å². The largest absolute Gasteiger partial charge is 0.508 e. The highest BCUT2D eigenvalue weighted by molar-refractivity contribution is 5.85. The molecule has 3 heterocycles. The number of hydrogen-bond acceptors (Lipinski definition) is 13. The summed E-state index contributed by atoms with van der Waals surface area (Å²) in [5.41, 5.74) is 7.71. The molecular weight excluding hydrogens is 825 g/mol. The number of nitrogens with one attached hydrogen (secondary N) is 3. The van der Waals surface area contributed by atoms with Gasteiger partial charge in [-0.3, -0.25) is 10.3 Å². The number of aromatic hydroxyl groups is 2. The zero-order valence-electron chi connectivity index (χ0n) is 37.8. The van der Waals surface area contributed by atoms with Crippen molar-refractivity contribution in [2.75, 3.05) is 53.4 Å². The Morgan fingerprint density at radius 3 is 2.60 bits per heavy atom. The summed E-state index contributed by atoms with van der Waals surface area (Å²) in [6, 6.07) is 16.3. The summed E-state index contributed by atoms with van der Waals surface area (Å²) in [4.78, 5) is 4.63. The fourth-order valence-corrected chi connectivity index (χ4v) is 11.0. The van der Waals surface area contributed by atoms with Gasteiger partial charge in [-0.2, -0.15) is 0 Å². The highest BCUT2D eigenvalue weighted by Crippen LogP contribution is 2.58. The molecule has 1 saturated carbocycles. The Morgan fingerprint density at radius 1 is 0.938 bits per heavy atom. The van der Waals surface area contributed by atoms with Crippen LogP contribution in [0.3, 0.4) is 0 Å². The molecule has 0 spiro atoms. The number of aliphatic hydroxyl groups excluding tert-OH is 3. The lowest BCUT2D eigenvalue weighted by molar-refractivity contribution is -0.132. The number of phenols is 2. The van der Waals surface area contributed by atoms with Crippen LogP contribution >= 0.6 is 0 Å². The zero-order valence-corrected chi connectivity index (χ0v) is 37.8. The Hall–Kier alpha value is -4.73. The van der Waals surface area contributed by atoms with Gasteiger partial charge in [0.2, 0.25) is 0 Å². The van der Waals surface area contributed by atoms with E-state index in [0.29, 0.717) is 87.9 Å². The molecule has 4 aromatic carbocycles. The minimum atomic E-state index is -1.02. The number of nitrogens with zero attached hydrogens (tertiary/aromatic N) is 1. The van der Waals surface area contributed by atoms with E-state index in [1.165, 1.54) is 24.8 Å². The van der Waals surface area contributed by atoms with E-state index >= 15 is 0 Å². The number of ether oxygens (including phenoxy) is 4. The van der Waals surface area contributed by atoms with E-state index in [2.05, 4.69) is 45.2 Å². The third-order valence-corrected chi connectivity index (χ3v) is 14.2. The predicted octanol–water partition coefficient (Wildman–Crippen LogP) is 4.51. The van der Waals surface area contributed by atoms with Crippen LogP contribution in [-0.2, 0) is 36.8 Å². The minimum Gasteiger partial charge on any atom is -0.508 e. The number of aliphatic hydroxyl groups is 3. The molecule has 13 nitrogen and oxygen atoms in total. The Kier molecular flexibility index (Phi) is 14.0. The van der Waals surface area contributed by atoms with Crippen molar-refractivity contribution in [3.8, 4) is 39.9 Å². The van der Waals surface area contributed by atoms with Crippen LogP contribution in [0.15, 0.2) is 53.5 Å². The number of phenolic OH excluding ortho intramolecular Hbond substituents is 2. The summed E-state index contributed by atoms with van der Waals surface area (Å²) < 4.78 is 27.5. The summed E-state index contributed by atoms with van der Waals surface area (Å²) in [6.45, 7) is 3.77. The monoisotopic (exact) mass is 890 g/mol. The molecule has 0 aromatic heterocycles. The highest BCUT2D eigenvalue weighted by Gasteiger charge is 2.50. The molecule has 0 radical (unpaired) electrons. The van der Waals surface area contributed by atoms with Gasteiger partial charge in [0.05, 0.1) is 38.5 Å². The normalized spacial score (nSPS) is 22.5. The standard InChI is InChI=1S/C52H66N4O9/c1-31(59)26-53-29-54-28-52(63-30-56-37-8-4-3-5-9-37)25-44-43-22-35(20-32-10-15-45-33(19-32)16-17-55-45)42-24-38(60)11-13-40(42)47(43)50-41(14-12-39(27-58)64-50)49(44)65-51(52)36-21-34(7-6-18-57)48(61)46(23-36)62-2/h10-11,13,15-16,19,21,23-24,31,35,37,39,51,53-54,56-61H,3-9,12,14,17-18,20,22,25-30H2,1-2H3. The molecule has 5 atom stereocenters. The fraction of sp³-hybridized carbons (Fsp3) is 0.519. The van der Waals surface area contributed by atoms with Crippen LogP contribution < -0.4 is 40.7 Å².